The van der Waals surface area contributed by atoms with Gasteiger partial charge in [0.1, 0.15) is 0 Å². The predicted octanol–water partition coefficient (Wildman–Crippen LogP) is 1.24. The molecule has 0 aromatic heterocycles. The van der Waals surface area contributed by atoms with Crippen molar-refractivity contribution in [3.05, 3.63) is 34.9 Å². The van der Waals surface area contributed by atoms with E-state index < -0.39 is 5.91 Å². The third-order valence-electron chi connectivity index (χ3n) is 1.03. The molecule has 0 aliphatic rings. The molecule has 0 aliphatic heterocycles. The number of carbonyl (C=O) groups excluding carboxylic acids is 1. The fraction of sp³-hybridized carbons (Fsp3) is 0. The number of nitrogens with two attached hydrogens (primary N) is 1. The topological polar surface area (TPSA) is 43.1 Å². The molecule has 0 heterocycles. The molecule has 0 saturated carbocycles. The van der Waals surface area contributed by atoms with E-state index in [0.29, 0.717) is 10.6 Å². The minimum Gasteiger partial charge on any atom is -0.366 e. The minimum absolute atomic E-state index is 0.313. The number of hydrogen-bond donors (Lipinski definition) is 1. The fourth-order valence-corrected chi connectivity index (χ4v) is 0.753. The summed E-state index contributed by atoms with van der Waals surface area (Å²) in [6.07, 6.45) is 0. The SMILES string of the molecule is NC(=O)c1[c]ccc(Cl)c1. The number of rotatable bonds is 1. The Bertz CT molecular complexity index is 260. The highest BCUT2D eigenvalue weighted by Crippen LogP contribution is 2.08. The fourth-order valence-electron chi connectivity index (χ4n) is 0.581. The Morgan fingerprint density at radius 2 is 2.40 bits per heavy atom. The number of amides is 1. The van der Waals surface area contributed by atoms with Crippen LogP contribution in [0.15, 0.2) is 18.2 Å². The van der Waals surface area contributed by atoms with E-state index in [1.54, 1.807) is 12.1 Å². The summed E-state index contributed by atoms with van der Waals surface area (Å²) in [5.74, 6) is -0.512. The number of hydrogen-bond acceptors (Lipinski definition) is 1. The van der Waals surface area contributed by atoms with Crippen LogP contribution in [0.3, 0.4) is 0 Å². The van der Waals surface area contributed by atoms with E-state index in [1.807, 2.05) is 0 Å². The third-order valence-corrected chi connectivity index (χ3v) is 1.26. The van der Waals surface area contributed by atoms with E-state index in [-0.39, 0.29) is 0 Å². The summed E-state index contributed by atoms with van der Waals surface area (Å²) >= 11 is 5.56. The summed E-state index contributed by atoms with van der Waals surface area (Å²) in [5.41, 5.74) is 5.27. The van der Waals surface area contributed by atoms with Gasteiger partial charge < -0.3 is 5.73 Å². The Hall–Kier alpha value is -1.02. The lowest BCUT2D eigenvalue weighted by Gasteiger charge is -1.92. The molecule has 0 fully saturated rings. The van der Waals surface area contributed by atoms with Gasteiger partial charge in [-0.1, -0.05) is 17.7 Å². The minimum atomic E-state index is -0.512. The van der Waals surface area contributed by atoms with Crippen LogP contribution in [0.4, 0.5) is 0 Å². The van der Waals surface area contributed by atoms with Gasteiger partial charge >= 0.3 is 0 Å². The van der Waals surface area contributed by atoms with Gasteiger partial charge in [-0.05, 0) is 18.2 Å². The molecule has 1 radical (unpaired) electrons. The maximum absolute atomic E-state index is 10.5. The van der Waals surface area contributed by atoms with Gasteiger partial charge in [0.05, 0.1) is 0 Å². The first-order valence-corrected chi connectivity index (χ1v) is 3.05. The summed E-state index contributed by atoms with van der Waals surface area (Å²) in [6, 6.07) is 7.32. The van der Waals surface area contributed by atoms with Crippen LogP contribution in [0, 0.1) is 6.07 Å². The van der Waals surface area contributed by atoms with Crippen LogP contribution < -0.4 is 5.73 Å². The van der Waals surface area contributed by atoms with Crippen LogP contribution in [0.2, 0.25) is 5.02 Å². The van der Waals surface area contributed by atoms with Gasteiger partial charge in [-0.15, -0.1) is 0 Å². The second-order valence-corrected chi connectivity index (χ2v) is 2.22. The molecule has 1 rings (SSSR count). The smallest absolute Gasteiger partial charge is 0.249 e. The van der Waals surface area contributed by atoms with E-state index >= 15 is 0 Å². The predicted molar refractivity (Wildman–Crippen MR) is 38.8 cm³/mol. The molecular formula is C7H5ClNO. The quantitative estimate of drug-likeness (QED) is 0.650. The van der Waals surface area contributed by atoms with Crippen LogP contribution in [-0.4, -0.2) is 5.91 Å². The Morgan fingerprint density at radius 1 is 1.70 bits per heavy atom. The van der Waals surface area contributed by atoms with Gasteiger partial charge in [0, 0.05) is 10.6 Å². The molecule has 1 aromatic rings. The standard InChI is InChI=1S/C7H5ClNO/c8-6-3-1-2-5(4-6)7(9)10/h1,3-4H,(H2,9,10). The van der Waals surface area contributed by atoms with Gasteiger partial charge in [-0.25, -0.2) is 0 Å². The molecule has 1 aromatic carbocycles. The zero-order valence-electron chi connectivity index (χ0n) is 5.10. The molecule has 10 heavy (non-hydrogen) atoms. The lowest BCUT2D eigenvalue weighted by molar-refractivity contribution is 0.1000. The first kappa shape index (κ1) is 7.09. The molecule has 0 atom stereocenters. The number of carbonyl (C=O) groups is 1. The van der Waals surface area contributed by atoms with Crippen molar-refractivity contribution >= 4 is 17.5 Å². The molecule has 1 amide bonds. The largest absolute Gasteiger partial charge is 0.366 e. The molecule has 2 nitrogen and oxygen atoms in total. The van der Waals surface area contributed by atoms with Crippen molar-refractivity contribution in [2.75, 3.05) is 0 Å². The van der Waals surface area contributed by atoms with Gasteiger partial charge in [0.2, 0.25) is 5.91 Å². The Kier molecular flexibility index (Phi) is 1.92. The normalized spacial score (nSPS) is 9.30. The van der Waals surface area contributed by atoms with Crippen molar-refractivity contribution in [2.45, 2.75) is 0 Å². The van der Waals surface area contributed by atoms with Crippen molar-refractivity contribution in [1.29, 1.82) is 0 Å². The molecule has 51 valence electrons. The molecular weight excluding hydrogens is 150 g/mol. The highest BCUT2D eigenvalue weighted by Gasteiger charge is 1.98. The third kappa shape index (κ3) is 1.48. The monoisotopic (exact) mass is 154 g/mol. The molecule has 2 N–H and O–H groups in total. The zero-order valence-corrected chi connectivity index (χ0v) is 5.85. The van der Waals surface area contributed by atoms with Crippen LogP contribution in [0.5, 0.6) is 0 Å². The van der Waals surface area contributed by atoms with E-state index in [4.69, 9.17) is 17.3 Å². The molecule has 0 saturated heterocycles. The van der Waals surface area contributed by atoms with Crippen molar-refractivity contribution < 1.29 is 4.79 Å². The number of halogens is 1. The molecule has 0 aliphatic carbocycles. The average molecular weight is 155 g/mol. The molecule has 3 heteroatoms. The van der Waals surface area contributed by atoms with E-state index in [0.717, 1.165) is 0 Å². The summed E-state index contributed by atoms with van der Waals surface area (Å²) in [5, 5.41) is 0.493. The molecule has 0 unspecified atom stereocenters. The zero-order chi connectivity index (χ0) is 7.56. The second kappa shape index (κ2) is 2.71. The van der Waals surface area contributed by atoms with Gasteiger partial charge in [-0.2, -0.15) is 0 Å². The van der Waals surface area contributed by atoms with E-state index in [9.17, 15) is 4.79 Å². The highest BCUT2D eigenvalue weighted by molar-refractivity contribution is 6.30. The summed E-state index contributed by atoms with van der Waals surface area (Å²) in [6.45, 7) is 0. The first-order valence-electron chi connectivity index (χ1n) is 2.67. The molecule has 0 spiro atoms. The van der Waals surface area contributed by atoms with Crippen molar-refractivity contribution in [1.82, 2.24) is 0 Å². The summed E-state index contributed by atoms with van der Waals surface area (Å²) in [4.78, 5) is 10.5. The second-order valence-electron chi connectivity index (χ2n) is 1.78. The summed E-state index contributed by atoms with van der Waals surface area (Å²) < 4.78 is 0. The first-order chi connectivity index (χ1) is 4.70. The lowest BCUT2D eigenvalue weighted by Crippen LogP contribution is -2.10. The van der Waals surface area contributed by atoms with E-state index in [2.05, 4.69) is 6.07 Å². The number of primary amides is 1. The van der Waals surface area contributed by atoms with Crippen LogP contribution in [0.25, 0.3) is 0 Å². The van der Waals surface area contributed by atoms with Gasteiger partial charge in [0.25, 0.3) is 0 Å². The van der Waals surface area contributed by atoms with Crippen LogP contribution >= 0.6 is 11.6 Å². The maximum atomic E-state index is 10.5. The summed E-state index contributed by atoms with van der Waals surface area (Å²) in [7, 11) is 0. The Labute approximate surface area is 63.6 Å². The van der Waals surface area contributed by atoms with Crippen molar-refractivity contribution in [3.8, 4) is 0 Å². The maximum Gasteiger partial charge on any atom is 0.249 e. The Morgan fingerprint density at radius 3 is 2.80 bits per heavy atom. The van der Waals surface area contributed by atoms with Crippen molar-refractivity contribution in [3.63, 3.8) is 0 Å². The van der Waals surface area contributed by atoms with Crippen LogP contribution in [-0.2, 0) is 0 Å². The lowest BCUT2D eigenvalue weighted by atomic mass is 10.2. The van der Waals surface area contributed by atoms with Gasteiger partial charge in [0.15, 0.2) is 0 Å². The Balaban J connectivity index is 3.07. The average Bonchev–Trinajstić information content (AvgIpc) is 1.88. The van der Waals surface area contributed by atoms with Gasteiger partial charge in [-0.3, -0.25) is 4.79 Å². The molecule has 0 bridgehead atoms. The van der Waals surface area contributed by atoms with Crippen LogP contribution in [0.1, 0.15) is 10.4 Å². The van der Waals surface area contributed by atoms with E-state index in [1.165, 1.54) is 6.07 Å². The van der Waals surface area contributed by atoms with Crippen molar-refractivity contribution in [2.24, 2.45) is 5.73 Å². The highest BCUT2D eigenvalue weighted by atomic mass is 35.5. The number of benzene rings is 1.